The van der Waals surface area contributed by atoms with E-state index in [9.17, 15) is 5.11 Å². The van der Waals surface area contributed by atoms with Crippen LogP contribution in [0, 0.1) is 46.3 Å². The van der Waals surface area contributed by atoms with Gasteiger partial charge in [-0.2, -0.15) is 0 Å². The third kappa shape index (κ3) is 5.15. The first-order chi connectivity index (χ1) is 15.2. The minimum Gasteiger partial charge on any atom is -0.394 e. The van der Waals surface area contributed by atoms with E-state index in [1.54, 1.807) is 5.57 Å². The molecule has 3 heteroatoms. The number of hydrogen-bond acceptors (Lipinski definition) is 3. The Morgan fingerprint density at radius 3 is 2.31 bits per heavy atom. The van der Waals surface area contributed by atoms with Gasteiger partial charge in [-0.25, -0.2) is 0 Å². The van der Waals surface area contributed by atoms with Crippen molar-refractivity contribution < 1.29 is 15.3 Å². The Kier molecular flexibility index (Phi) is 8.94. The number of aliphatic hydroxyl groups excluding tert-OH is 3. The molecule has 3 nitrogen and oxygen atoms in total. The van der Waals surface area contributed by atoms with Gasteiger partial charge in [-0.05, 0) is 97.7 Å². The van der Waals surface area contributed by atoms with Crippen molar-refractivity contribution >= 4 is 0 Å². The summed E-state index contributed by atoms with van der Waals surface area (Å²) in [6.45, 7) is 12.3. The molecule has 3 N–H and O–H groups in total. The number of allylic oxidation sites excluding steroid dienone is 1. The smallest absolute Gasteiger partial charge is 0.0662 e. The van der Waals surface area contributed by atoms with Gasteiger partial charge < -0.3 is 15.3 Å². The maximum absolute atomic E-state index is 10.2. The molecule has 1 unspecified atom stereocenters. The van der Waals surface area contributed by atoms with Crippen LogP contribution in [0.1, 0.15) is 105 Å². The van der Waals surface area contributed by atoms with E-state index < -0.39 is 0 Å². The van der Waals surface area contributed by atoms with E-state index in [1.165, 1.54) is 57.8 Å². The standard InChI is InChI=1S/C27H46O.C2H6O2/c1-18(2)7-6-8-19(3)23-11-12-24-22-10-9-20-17-21(28)13-15-26(20,4)25(22)14-16-27(23,24)5;3-1-2-4/h9,18-19,21-25,28H,6-8,10-17H2,1-5H3;3-4H,1-2H2/t19-,21?,22+,23-,24+,25+,26+,27-;/m1./s1. The van der Waals surface area contributed by atoms with Crippen molar-refractivity contribution in [1.29, 1.82) is 0 Å². The average Bonchev–Trinajstić information content (AvgIpc) is 3.11. The molecule has 4 aliphatic rings. The van der Waals surface area contributed by atoms with E-state index in [-0.39, 0.29) is 19.3 Å². The quantitative estimate of drug-likeness (QED) is 0.414. The van der Waals surface area contributed by atoms with Crippen LogP contribution in [-0.2, 0) is 0 Å². The first-order valence-corrected chi connectivity index (χ1v) is 13.8. The molecule has 0 aromatic rings. The first-order valence-electron chi connectivity index (χ1n) is 13.8. The molecule has 4 aliphatic carbocycles. The summed E-state index contributed by atoms with van der Waals surface area (Å²) < 4.78 is 0. The highest BCUT2D eigenvalue weighted by Gasteiger charge is 2.59. The van der Waals surface area contributed by atoms with Crippen molar-refractivity contribution in [3.8, 4) is 0 Å². The van der Waals surface area contributed by atoms with Crippen LogP contribution < -0.4 is 0 Å². The summed E-state index contributed by atoms with van der Waals surface area (Å²) in [5, 5.41) is 25.5. The molecule has 0 radical (unpaired) electrons. The van der Waals surface area contributed by atoms with Crippen LogP contribution in [0.15, 0.2) is 11.6 Å². The average molecular weight is 449 g/mol. The van der Waals surface area contributed by atoms with Gasteiger partial charge in [-0.1, -0.05) is 65.5 Å². The van der Waals surface area contributed by atoms with Crippen molar-refractivity contribution in [2.75, 3.05) is 13.2 Å². The van der Waals surface area contributed by atoms with E-state index in [0.29, 0.717) is 10.8 Å². The Morgan fingerprint density at radius 2 is 1.66 bits per heavy atom. The van der Waals surface area contributed by atoms with Crippen LogP contribution in [0.5, 0.6) is 0 Å². The van der Waals surface area contributed by atoms with Crippen molar-refractivity contribution in [2.24, 2.45) is 46.3 Å². The Morgan fingerprint density at radius 1 is 0.938 bits per heavy atom. The monoisotopic (exact) mass is 448 g/mol. The molecule has 0 aromatic carbocycles. The Bertz CT molecular complexity index is 626. The normalized spacial score (nSPS) is 41.7. The van der Waals surface area contributed by atoms with Crippen molar-refractivity contribution in [2.45, 2.75) is 111 Å². The van der Waals surface area contributed by atoms with Gasteiger partial charge in [0.15, 0.2) is 0 Å². The van der Waals surface area contributed by atoms with Crippen LogP contribution in [0.3, 0.4) is 0 Å². The molecule has 0 saturated heterocycles. The summed E-state index contributed by atoms with van der Waals surface area (Å²) in [6.07, 6.45) is 17.2. The second-order valence-corrected chi connectivity index (χ2v) is 12.6. The summed E-state index contributed by atoms with van der Waals surface area (Å²) in [5.74, 6) is 5.46. The lowest BCUT2D eigenvalue weighted by Crippen LogP contribution is -2.50. The molecule has 3 saturated carbocycles. The fourth-order valence-corrected chi connectivity index (χ4v) is 8.67. The minimum atomic E-state index is -0.125. The molecule has 0 spiro atoms. The lowest BCUT2D eigenvalue weighted by Gasteiger charge is -2.58. The van der Waals surface area contributed by atoms with Crippen LogP contribution in [0.2, 0.25) is 0 Å². The van der Waals surface area contributed by atoms with Crippen molar-refractivity contribution in [1.82, 2.24) is 0 Å². The van der Waals surface area contributed by atoms with Gasteiger partial charge in [0.05, 0.1) is 19.3 Å². The van der Waals surface area contributed by atoms with Gasteiger partial charge in [0.2, 0.25) is 0 Å². The molecule has 186 valence electrons. The third-order valence-corrected chi connectivity index (χ3v) is 10.4. The van der Waals surface area contributed by atoms with Gasteiger partial charge in [-0.3, -0.25) is 0 Å². The third-order valence-electron chi connectivity index (χ3n) is 10.4. The second kappa shape index (κ2) is 10.9. The Balaban J connectivity index is 0.000000668. The van der Waals surface area contributed by atoms with Gasteiger partial charge >= 0.3 is 0 Å². The molecule has 32 heavy (non-hydrogen) atoms. The molecule has 4 rings (SSSR count). The van der Waals surface area contributed by atoms with Crippen LogP contribution in [0.25, 0.3) is 0 Å². The summed E-state index contributed by atoms with van der Waals surface area (Å²) >= 11 is 0. The summed E-state index contributed by atoms with van der Waals surface area (Å²) in [7, 11) is 0. The molecule has 8 atom stereocenters. The highest BCUT2D eigenvalue weighted by atomic mass is 16.3. The highest BCUT2D eigenvalue weighted by Crippen LogP contribution is 2.67. The summed E-state index contributed by atoms with van der Waals surface area (Å²) in [6, 6.07) is 0. The van der Waals surface area contributed by atoms with Crippen LogP contribution in [0.4, 0.5) is 0 Å². The van der Waals surface area contributed by atoms with Crippen molar-refractivity contribution in [3.05, 3.63) is 11.6 Å². The fraction of sp³-hybridized carbons (Fsp3) is 0.931. The summed E-state index contributed by atoms with van der Waals surface area (Å²) in [5.41, 5.74) is 2.60. The van der Waals surface area contributed by atoms with Crippen molar-refractivity contribution in [3.63, 3.8) is 0 Å². The van der Waals surface area contributed by atoms with Crippen LogP contribution >= 0.6 is 0 Å². The highest BCUT2D eigenvalue weighted by molar-refractivity contribution is 5.25. The van der Waals surface area contributed by atoms with E-state index in [4.69, 9.17) is 10.2 Å². The molecule has 0 aliphatic heterocycles. The SMILES string of the molecule is CC(C)CCC[C@@H](C)[C@H]1CC[C@H]2[C@@H]3CC=C4CC(O)CC[C@]4(C)[C@H]3CC[C@]12C.OCCO. The number of hydrogen-bond donors (Lipinski definition) is 3. The molecule has 3 fully saturated rings. The van der Waals surface area contributed by atoms with Crippen LogP contribution in [-0.4, -0.2) is 34.6 Å². The maximum atomic E-state index is 10.2. The maximum Gasteiger partial charge on any atom is 0.0662 e. The largest absolute Gasteiger partial charge is 0.394 e. The Hall–Kier alpha value is -0.380. The zero-order chi connectivity index (χ0) is 23.5. The summed E-state index contributed by atoms with van der Waals surface area (Å²) in [4.78, 5) is 0. The van der Waals surface area contributed by atoms with E-state index in [2.05, 4.69) is 40.7 Å². The first kappa shape index (κ1) is 26.2. The molecule has 0 heterocycles. The lowest BCUT2D eigenvalue weighted by atomic mass is 9.47. The topological polar surface area (TPSA) is 60.7 Å². The molecular formula is C29H52O3. The zero-order valence-electron chi connectivity index (χ0n) is 21.7. The van der Waals surface area contributed by atoms with Gasteiger partial charge in [0.25, 0.3) is 0 Å². The molecule has 0 aromatic heterocycles. The number of aliphatic hydroxyl groups is 3. The molecule has 0 bridgehead atoms. The lowest BCUT2D eigenvalue weighted by molar-refractivity contribution is -0.0573. The Labute approximate surface area is 198 Å². The predicted molar refractivity (Wildman–Crippen MR) is 133 cm³/mol. The van der Waals surface area contributed by atoms with E-state index >= 15 is 0 Å². The fourth-order valence-electron chi connectivity index (χ4n) is 8.67. The molecule has 0 amide bonds. The number of rotatable bonds is 6. The van der Waals surface area contributed by atoms with E-state index in [0.717, 1.165) is 48.3 Å². The van der Waals surface area contributed by atoms with Gasteiger partial charge in [0.1, 0.15) is 0 Å². The number of fused-ring (bicyclic) bond motifs is 5. The van der Waals surface area contributed by atoms with Gasteiger partial charge in [0, 0.05) is 0 Å². The minimum absolute atomic E-state index is 0.0766. The van der Waals surface area contributed by atoms with Gasteiger partial charge in [-0.15, -0.1) is 0 Å². The zero-order valence-corrected chi connectivity index (χ0v) is 21.7. The molecular weight excluding hydrogens is 396 g/mol. The van der Waals surface area contributed by atoms with E-state index in [1.807, 2.05) is 0 Å². The predicted octanol–water partition coefficient (Wildman–Crippen LogP) is 6.36. The second-order valence-electron chi connectivity index (χ2n) is 12.6.